The quantitative estimate of drug-likeness (QED) is 0.645. The molecule has 0 saturated carbocycles. The summed E-state index contributed by atoms with van der Waals surface area (Å²) in [5, 5.41) is 16.8. The highest BCUT2D eigenvalue weighted by atomic mass is 35.5. The van der Waals surface area contributed by atoms with Crippen molar-refractivity contribution in [3.05, 3.63) is 35.0 Å². The molecule has 0 spiro atoms. The van der Waals surface area contributed by atoms with Gasteiger partial charge in [0.1, 0.15) is 0 Å². The lowest BCUT2D eigenvalue weighted by molar-refractivity contribution is -0.159. The van der Waals surface area contributed by atoms with Crippen molar-refractivity contribution in [1.82, 2.24) is 4.98 Å². The predicted octanol–water partition coefficient (Wildman–Crippen LogP) is 1.87. The number of carboxylic acids is 2. The Morgan fingerprint density at radius 2 is 1.90 bits per heavy atom. The van der Waals surface area contributed by atoms with Crippen LogP contribution < -0.4 is 5.73 Å². The monoisotopic (exact) mass is 298 g/mol. The summed E-state index contributed by atoms with van der Waals surface area (Å²) in [6.45, 7) is 0.729. The maximum absolute atomic E-state index is 9.10. The largest absolute Gasteiger partial charge is 0.473 e. The van der Waals surface area contributed by atoms with E-state index in [1.165, 1.54) is 10.9 Å². The summed E-state index contributed by atoms with van der Waals surface area (Å²) in [6, 6.07) is 5.96. The van der Waals surface area contributed by atoms with Crippen LogP contribution in [0.3, 0.4) is 0 Å². The van der Waals surface area contributed by atoms with Crippen LogP contribution in [-0.4, -0.2) is 33.7 Å². The zero-order valence-electron chi connectivity index (χ0n) is 10.6. The molecule has 0 amide bonds. The summed E-state index contributed by atoms with van der Waals surface area (Å²) >= 11 is 6.05. The Kier molecular flexibility index (Phi) is 6.02. The minimum Gasteiger partial charge on any atom is -0.473 e. The van der Waals surface area contributed by atoms with Crippen LogP contribution in [0.2, 0.25) is 5.02 Å². The van der Waals surface area contributed by atoms with E-state index in [9.17, 15) is 0 Å². The van der Waals surface area contributed by atoms with Crippen LogP contribution in [0.4, 0.5) is 0 Å². The average molecular weight is 299 g/mol. The first-order valence-corrected chi connectivity index (χ1v) is 6.26. The van der Waals surface area contributed by atoms with E-state index in [0.29, 0.717) is 0 Å². The number of rotatable bonds is 3. The number of H-pyrrole nitrogens is 1. The summed E-state index contributed by atoms with van der Waals surface area (Å²) in [6.07, 6.45) is 4.04. The number of aliphatic carboxylic acids is 2. The maximum Gasteiger partial charge on any atom is 0.414 e. The van der Waals surface area contributed by atoms with Crippen molar-refractivity contribution in [3.63, 3.8) is 0 Å². The van der Waals surface area contributed by atoms with E-state index in [2.05, 4.69) is 11.1 Å². The highest BCUT2D eigenvalue weighted by Gasteiger charge is 2.05. The Bertz CT molecular complexity index is 597. The number of aromatic nitrogens is 1. The van der Waals surface area contributed by atoms with E-state index in [-0.39, 0.29) is 0 Å². The first-order valence-electron chi connectivity index (χ1n) is 5.88. The third-order valence-corrected chi connectivity index (χ3v) is 2.90. The Morgan fingerprint density at radius 3 is 2.45 bits per heavy atom. The molecule has 2 aromatic rings. The van der Waals surface area contributed by atoms with Crippen LogP contribution in [0.15, 0.2) is 24.4 Å². The molecule has 0 unspecified atom stereocenters. The van der Waals surface area contributed by atoms with Crippen molar-refractivity contribution in [2.45, 2.75) is 12.8 Å². The minimum atomic E-state index is -1.82. The summed E-state index contributed by atoms with van der Waals surface area (Å²) in [5.74, 6) is -3.65. The van der Waals surface area contributed by atoms with Crippen LogP contribution in [0.25, 0.3) is 10.9 Å². The zero-order valence-corrected chi connectivity index (χ0v) is 11.4. The number of fused-ring (bicyclic) bond motifs is 1. The first kappa shape index (κ1) is 16.0. The van der Waals surface area contributed by atoms with E-state index in [1.807, 2.05) is 18.3 Å². The number of benzene rings is 1. The number of aromatic amines is 1. The second kappa shape index (κ2) is 7.52. The lowest BCUT2D eigenvalue weighted by atomic mass is 10.1. The topological polar surface area (TPSA) is 116 Å². The zero-order chi connectivity index (χ0) is 15.1. The molecule has 2 rings (SSSR count). The fourth-order valence-electron chi connectivity index (χ4n) is 1.67. The van der Waals surface area contributed by atoms with Crippen molar-refractivity contribution in [1.29, 1.82) is 0 Å². The molecule has 0 bridgehead atoms. The Balaban J connectivity index is 0.000000286. The van der Waals surface area contributed by atoms with Gasteiger partial charge in [-0.1, -0.05) is 23.7 Å². The second-order valence-corrected chi connectivity index (χ2v) is 4.39. The lowest BCUT2D eigenvalue weighted by Gasteiger charge is -1.97. The fourth-order valence-corrected chi connectivity index (χ4v) is 1.90. The van der Waals surface area contributed by atoms with Gasteiger partial charge in [0.2, 0.25) is 0 Å². The molecule has 1 aromatic carbocycles. The van der Waals surface area contributed by atoms with E-state index >= 15 is 0 Å². The van der Waals surface area contributed by atoms with Crippen LogP contribution in [0, 0.1) is 0 Å². The molecular formula is C13H15ClN2O4. The third-order valence-electron chi connectivity index (χ3n) is 2.58. The number of para-hydroxylation sites is 1. The van der Waals surface area contributed by atoms with Gasteiger partial charge in [-0.3, -0.25) is 0 Å². The van der Waals surface area contributed by atoms with E-state index in [0.717, 1.165) is 29.9 Å². The summed E-state index contributed by atoms with van der Waals surface area (Å²) in [4.78, 5) is 21.4. The Labute approximate surface area is 120 Å². The van der Waals surface area contributed by atoms with Crippen molar-refractivity contribution >= 4 is 34.4 Å². The highest BCUT2D eigenvalue weighted by Crippen LogP contribution is 2.25. The van der Waals surface area contributed by atoms with Gasteiger partial charge in [0, 0.05) is 11.6 Å². The van der Waals surface area contributed by atoms with Crippen molar-refractivity contribution < 1.29 is 19.8 Å². The smallest absolute Gasteiger partial charge is 0.414 e. The van der Waals surface area contributed by atoms with Gasteiger partial charge in [-0.25, -0.2) is 9.59 Å². The molecule has 0 fully saturated rings. The van der Waals surface area contributed by atoms with Crippen LogP contribution in [0.5, 0.6) is 0 Å². The van der Waals surface area contributed by atoms with E-state index in [1.54, 1.807) is 0 Å². The number of nitrogens with two attached hydrogens (primary N) is 1. The number of aryl methyl sites for hydroxylation is 1. The molecular weight excluding hydrogens is 284 g/mol. The van der Waals surface area contributed by atoms with Gasteiger partial charge in [0.05, 0.1) is 10.5 Å². The number of carboxylic acid groups (broad SMARTS) is 2. The van der Waals surface area contributed by atoms with Gasteiger partial charge in [-0.05, 0) is 31.0 Å². The Morgan fingerprint density at radius 1 is 1.25 bits per heavy atom. The minimum absolute atomic E-state index is 0.729. The van der Waals surface area contributed by atoms with E-state index in [4.69, 9.17) is 37.1 Å². The molecule has 0 aliphatic rings. The standard InChI is InChI=1S/C11H13ClN2.C2H2O4/c12-10-5-1-4-9-8(3-2-6-13)7-14-11(9)10;3-1(4)2(5)6/h1,4-5,7,14H,2-3,6,13H2;(H,3,4)(H,5,6). The van der Waals surface area contributed by atoms with Crippen LogP contribution in [0.1, 0.15) is 12.0 Å². The molecule has 0 aliphatic heterocycles. The maximum atomic E-state index is 9.10. The van der Waals surface area contributed by atoms with Gasteiger partial charge in [-0.15, -0.1) is 0 Å². The molecule has 0 aliphatic carbocycles. The fraction of sp³-hybridized carbons (Fsp3) is 0.231. The SMILES string of the molecule is NCCCc1c[nH]c2c(Cl)cccc12.O=C(O)C(=O)O. The molecule has 108 valence electrons. The second-order valence-electron chi connectivity index (χ2n) is 3.98. The molecule has 1 aromatic heterocycles. The van der Waals surface area contributed by atoms with Crippen LogP contribution >= 0.6 is 11.6 Å². The van der Waals surface area contributed by atoms with Gasteiger partial charge < -0.3 is 20.9 Å². The molecule has 0 saturated heterocycles. The normalized spacial score (nSPS) is 9.90. The average Bonchev–Trinajstić information content (AvgIpc) is 2.81. The third kappa shape index (κ3) is 4.25. The Hall–Kier alpha value is -2.05. The highest BCUT2D eigenvalue weighted by molar-refractivity contribution is 6.35. The number of nitrogens with one attached hydrogen (secondary N) is 1. The number of hydrogen-bond acceptors (Lipinski definition) is 3. The van der Waals surface area contributed by atoms with Crippen molar-refractivity contribution in [2.24, 2.45) is 5.73 Å². The molecule has 7 heteroatoms. The number of carbonyl (C=O) groups is 2. The van der Waals surface area contributed by atoms with Crippen molar-refractivity contribution in [2.75, 3.05) is 6.54 Å². The lowest BCUT2D eigenvalue weighted by Crippen LogP contribution is -2.09. The summed E-state index contributed by atoms with van der Waals surface area (Å²) < 4.78 is 0. The molecule has 0 radical (unpaired) electrons. The molecule has 5 N–H and O–H groups in total. The summed E-state index contributed by atoms with van der Waals surface area (Å²) in [5.41, 5.74) is 7.81. The molecule has 20 heavy (non-hydrogen) atoms. The van der Waals surface area contributed by atoms with Crippen LogP contribution in [-0.2, 0) is 16.0 Å². The van der Waals surface area contributed by atoms with Gasteiger partial charge in [0.25, 0.3) is 0 Å². The summed E-state index contributed by atoms with van der Waals surface area (Å²) in [7, 11) is 0. The van der Waals surface area contributed by atoms with Gasteiger partial charge >= 0.3 is 11.9 Å². The molecule has 0 atom stereocenters. The molecule has 6 nitrogen and oxygen atoms in total. The van der Waals surface area contributed by atoms with Crippen molar-refractivity contribution in [3.8, 4) is 0 Å². The number of halogens is 1. The number of hydrogen-bond donors (Lipinski definition) is 4. The van der Waals surface area contributed by atoms with E-state index < -0.39 is 11.9 Å². The van der Waals surface area contributed by atoms with Gasteiger partial charge in [-0.2, -0.15) is 0 Å². The van der Waals surface area contributed by atoms with Gasteiger partial charge in [0.15, 0.2) is 0 Å². The molecule has 1 heterocycles. The first-order chi connectivity index (χ1) is 9.47. The predicted molar refractivity (Wildman–Crippen MR) is 76.0 cm³/mol.